The van der Waals surface area contributed by atoms with Gasteiger partial charge in [0.2, 0.25) is 0 Å². The van der Waals surface area contributed by atoms with E-state index < -0.39 is 0 Å². The molecule has 0 fully saturated rings. The zero-order valence-corrected chi connectivity index (χ0v) is 17.9. The van der Waals surface area contributed by atoms with Gasteiger partial charge in [-0.15, -0.1) is 11.7 Å². The number of aromatic nitrogens is 3. The SMILES string of the molecule is C=CCc1cccc(C=NNC(=O)CSc2n[nH]c(-c3cccc(Cl)c3)[n+]2C)c1O. The van der Waals surface area contributed by atoms with Crippen LogP contribution in [0, 0.1) is 0 Å². The molecule has 0 bridgehead atoms. The van der Waals surface area contributed by atoms with E-state index in [9.17, 15) is 9.90 Å². The number of phenols is 1. The van der Waals surface area contributed by atoms with Gasteiger partial charge in [0.05, 0.1) is 29.7 Å². The standard InChI is InChI=1S/C21H20ClN5O2S/c1-3-6-14-7-4-9-16(19(14)29)12-23-24-18(28)13-30-21-26-25-20(27(21)2)15-8-5-10-17(22)11-15/h3-5,7-12H,1,6,13H2,2H3,(H2,23,24,28,29)/p+1. The van der Waals surface area contributed by atoms with Crippen LogP contribution in [0.5, 0.6) is 5.75 Å². The Labute approximate surface area is 183 Å². The van der Waals surface area contributed by atoms with E-state index in [1.165, 1.54) is 18.0 Å². The largest absolute Gasteiger partial charge is 0.507 e. The van der Waals surface area contributed by atoms with Gasteiger partial charge in [-0.25, -0.2) is 9.99 Å². The van der Waals surface area contributed by atoms with Crippen molar-refractivity contribution in [1.29, 1.82) is 0 Å². The number of rotatable bonds is 8. The third kappa shape index (κ3) is 5.28. The number of nitrogens with one attached hydrogen (secondary N) is 2. The summed E-state index contributed by atoms with van der Waals surface area (Å²) in [5.41, 5.74) is 4.63. The number of amides is 1. The van der Waals surface area contributed by atoms with Crippen LogP contribution in [0.1, 0.15) is 11.1 Å². The lowest BCUT2D eigenvalue weighted by molar-refractivity contribution is -0.698. The molecule has 30 heavy (non-hydrogen) atoms. The molecule has 0 atom stereocenters. The number of thioether (sulfide) groups is 1. The number of carbonyl (C=O) groups is 1. The van der Waals surface area contributed by atoms with Gasteiger partial charge in [-0.05, 0) is 48.0 Å². The molecule has 0 saturated carbocycles. The lowest BCUT2D eigenvalue weighted by Gasteiger charge is -2.04. The smallest absolute Gasteiger partial charge is 0.337 e. The highest BCUT2D eigenvalue weighted by Gasteiger charge is 2.20. The van der Waals surface area contributed by atoms with Gasteiger partial charge in [0.25, 0.3) is 11.7 Å². The second kappa shape index (κ2) is 10.1. The van der Waals surface area contributed by atoms with Crippen molar-refractivity contribution in [3.63, 3.8) is 0 Å². The van der Waals surface area contributed by atoms with Crippen LogP contribution < -0.4 is 9.99 Å². The number of benzene rings is 2. The van der Waals surface area contributed by atoms with Crippen molar-refractivity contribution < 1.29 is 14.5 Å². The molecule has 1 amide bonds. The number of hydrogen-bond donors (Lipinski definition) is 3. The molecular weight excluding hydrogens is 422 g/mol. The summed E-state index contributed by atoms with van der Waals surface area (Å²) in [5.74, 6) is 0.758. The number of H-pyrrole nitrogens is 1. The van der Waals surface area contributed by atoms with Crippen molar-refractivity contribution in [2.45, 2.75) is 11.6 Å². The summed E-state index contributed by atoms with van der Waals surface area (Å²) in [6.07, 6.45) is 3.67. The maximum Gasteiger partial charge on any atom is 0.337 e. The molecule has 3 rings (SSSR count). The maximum absolute atomic E-state index is 12.1. The van der Waals surface area contributed by atoms with Gasteiger partial charge in [-0.3, -0.25) is 4.79 Å². The van der Waals surface area contributed by atoms with Crippen LogP contribution in [0.3, 0.4) is 0 Å². The van der Waals surface area contributed by atoms with Gasteiger partial charge in [-0.1, -0.05) is 35.9 Å². The van der Waals surface area contributed by atoms with Gasteiger partial charge in [0.1, 0.15) is 5.75 Å². The molecule has 0 radical (unpaired) electrons. The highest BCUT2D eigenvalue weighted by Crippen LogP contribution is 2.22. The van der Waals surface area contributed by atoms with Crippen molar-refractivity contribution in [2.75, 3.05) is 5.75 Å². The molecule has 154 valence electrons. The van der Waals surface area contributed by atoms with E-state index >= 15 is 0 Å². The Morgan fingerprint density at radius 2 is 2.20 bits per heavy atom. The summed E-state index contributed by atoms with van der Waals surface area (Å²) in [6, 6.07) is 12.8. The first-order chi connectivity index (χ1) is 14.5. The molecule has 0 aliphatic rings. The van der Waals surface area contributed by atoms with E-state index in [-0.39, 0.29) is 17.4 Å². The lowest BCUT2D eigenvalue weighted by atomic mass is 10.1. The number of hydrazone groups is 1. The Hall–Kier alpha value is -3.10. The van der Waals surface area contributed by atoms with Gasteiger partial charge >= 0.3 is 5.16 Å². The van der Waals surface area contributed by atoms with Gasteiger partial charge in [-0.2, -0.15) is 5.10 Å². The summed E-state index contributed by atoms with van der Waals surface area (Å²) in [6.45, 7) is 3.67. The van der Waals surface area contributed by atoms with Gasteiger partial charge in [0.15, 0.2) is 0 Å². The Morgan fingerprint density at radius 3 is 2.97 bits per heavy atom. The number of hydrogen-bond acceptors (Lipinski definition) is 5. The minimum absolute atomic E-state index is 0.127. The summed E-state index contributed by atoms with van der Waals surface area (Å²) >= 11 is 7.32. The molecule has 1 aromatic heterocycles. The molecule has 0 aliphatic carbocycles. The molecule has 7 nitrogen and oxygen atoms in total. The Kier molecular flexibility index (Phi) is 7.26. The minimum atomic E-state index is -0.287. The molecule has 0 saturated heterocycles. The number of carbonyl (C=O) groups excluding carboxylic acids is 1. The second-order valence-corrected chi connectivity index (χ2v) is 7.73. The van der Waals surface area contributed by atoms with Gasteiger partial charge in [0, 0.05) is 10.6 Å². The van der Waals surface area contributed by atoms with Crippen molar-refractivity contribution >= 4 is 35.5 Å². The van der Waals surface area contributed by atoms with Crippen LogP contribution in [0.25, 0.3) is 11.4 Å². The third-order valence-corrected chi connectivity index (χ3v) is 5.48. The number of nitrogens with zero attached hydrogens (tertiary/aromatic N) is 3. The van der Waals surface area contributed by atoms with Crippen molar-refractivity contribution in [3.05, 3.63) is 71.3 Å². The molecule has 1 heterocycles. The van der Waals surface area contributed by atoms with E-state index in [0.29, 0.717) is 22.2 Å². The number of allylic oxidation sites excluding steroid dienone is 1. The van der Waals surface area contributed by atoms with E-state index in [0.717, 1.165) is 17.0 Å². The molecule has 2 aromatic carbocycles. The Balaban J connectivity index is 1.57. The van der Waals surface area contributed by atoms with Crippen LogP contribution in [0.15, 0.2) is 65.4 Å². The molecule has 0 unspecified atom stereocenters. The van der Waals surface area contributed by atoms with Crippen molar-refractivity contribution in [2.24, 2.45) is 12.1 Å². The second-order valence-electron chi connectivity index (χ2n) is 6.35. The van der Waals surface area contributed by atoms with Gasteiger partial charge < -0.3 is 5.11 Å². The third-order valence-electron chi connectivity index (χ3n) is 4.22. The molecule has 3 aromatic rings. The average Bonchev–Trinajstić information content (AvgIpc) is 3.10. The summed E-state index contributed by atoms with van der Waals surface area (Å²) in [7, 11) is 1.86. The number of phenolic OH excluding ortho intramolecular Hbond substituents is 1. The zero-order chi connectivity index (χ0) is 21.5. The maximum atomic E-state index is 12.1. The highest BCUT2D eigenvalue weighted by atomic mass is 35.5. The fraction of sp³-hybridized carbons (Fsp3) is 0.143. The predicted octanol–water partition coefficient (Wildman–Crippen LogP) is 3.23. The van der Waals surface area contributed by atoms with E-state index in [1.54, 1.807) is 18.2 Å². The normalized spacial score (nSPS) is 11.0. The molecule has 9 heteroatoms. The van der Waals surface area contributed by atoms with Crippen LogP contribution in [0.2, 0.25) is 5.02 Å². The summed E-state index contributed by atoms with van der Waals surface area (Å²) in [5, 5.41) is 22.6. The molecule has 0 spiro atoms. The fourth-order valence-electron chi connectivity index (χ4n) is 2.74. The Morgan fingerprint density at radius 1 is 1.40 bits per heavy atom. The average molecular weight is 443 g/mol. The van der Waals surface area contributed by atoms with Crippen LogP contribution in [-0.2, 0) is 18.3 Å². The summed E-state index contributed by atoms with van der Waals surface area (Å²) < 4.78 is 1.86. The highest BCUT2D eigenvalue weighted by molar-refractivity contribution is 7.99. The van der Waals surface area contributed by atoms with Crippen molar-refractivity contribution in [1.82, 2.24) is 15.6 Å². The summed E-state index contributed by atoms with van der Waals surface area (Å²) in [4.78, 5) is 12.1. The van der Waals surface area contributed by atoms with Crippen molar-refractivity contribution in [3.8, 4) is 17.1 Å². The predicted molar refractivity (Wildman–Crippen MR) is 119 cm³/mol. The first-order valence-electron chi connectivity index (χ1n) is 9.06. The first-order valence-corrected chi connectivity index (χ1v) is 10.4. The molecular formula is C21H21ClN5O2S+. The monoisotopic (exact) mass is 442 g/mol. The minimum Gasteiger partial charge on any atom is -0.507 e. The topological polar surface area (TPSA) is 94.2 Å². The van der Waals surface area contributed by atoms with E-state index in [1.807, 2.05) is 41.9 Å². The van der Waals surface area contributed by atoms with E-state index in [4.69, 9.17) is 11.6 Å². The van der Waals surface area contributed by atoms with E-state index in [2.05, 4.69) is 27.3 Å². The zero-order valence-electron chi connectivity index (χ0n) is 16.3. The number of halogens is 1. The number of aromatic hydroxyl groups is 1. The van der Waals surface area contributed by atoms with Crippen LogP contribution in [0.4, 0.5) is 0 Å². The molecule has 0 aliphatic heterocycles. The Bertz CT molecular complexity index is 1100. The number of aromatic amines is 1. The van der Waals surface area contributed by atoms with Crippen LogP contribution in [-0.4, -0.2) is 33.2 Å². The molecule has 3 N–H and O–H groups in total. The fourth-order valence-corrected chi connectivity index (χ4v) is 3.65. The quantitative estimate of drug-likeness (QED) is 0.164. The first kappa shape index (κ1) is 21.6. The van der Waals surface area contributed by atoms with Crippen LogP contribution >= 0.6 is 23.4 Å². The lowest BCUT2D eigenvalue weighted by Crippen LogP contribution is -2.32. The number of para-hydroxylation sites is 1.